The number of hydrogen-bond donors (Lipinski definition) is 1. The van der Waals surface area contributed by atoms with E-state index in [9.17, 15) is 9.59 Å². The van der Waals surface area contributed by atoms with E-state index in [2.05, 4.69) is 5.32 Å². The number of ether oxygens (including phenoxy) is 2. The van der Waals surface area contributed by atoms with E-state index in [1.54, 1.807) is 0 Å². The maximum absolute atomic E-state index is 12.4. The summed E-state index contributed by atoms with van der Waals surface area (Å²) in [6.45, 7) is 3.85. The van der Waals surface area contributed by atoms with Crippen LogP contribution in [0.4, 0.5) is 5.00 Å². The van der Waals surface area contributed by atoms with Crippen molar-refractivity contribution < 1.29 is 19.1 Å². The van der Waals surface area contributed by atoms with Crippen LogP contribution in [0.1, 0.15) is 44.8 Å². The second kappa shape index (κ2) is 7.91. The van der Waals surface area contributed by atoms with Gasteiger partial charge in [0.25, 0.3) is 5.91 Å². The van der Waals surface area contributed by atoms with Crippen LogP contribution in [0, 0.1) is 13.8 Å². The summed E-state index contributed by atoms with van der Waals surface area (Å²) in [5.41, 5.74) is 3.66. The van der Waals surface area contributed by atoms with Crippen molar-refractivity contribution in [1.82, 2.24) is 0 Å². The maximum Gasteiger partial charge on any atom is 0.341 e. The summed E-state index contributed by atoms with van der Waals surface area (Å²) in [4.78, 5) is 25.7. The molecule has 1 amide bonds. The first kappa shape index (κ1) is 18.5. The van der Waals surface area contributed by atoms with Gasteiger partial charge < -0.3 is 14.8 Å². The third-order valence-corrected chi connectivity index (χ3v) is 5.71. The van der Waals surface area contributed by atoms with E-state index in [1.807, 2.05) is 32.0 Å². The van der Waals surface area contributed by atoms with Gasteiger partial charge in [0.05, 0.1) is 12.7 Å². The van der Waals surface area contributed by atoms with Crippen LogP contribution in [-0.2, 0) is 22.4 Å². The quantitative estimate of drug-likeness (QED) is 0.803. The molecule has 0 bridgehead atoms. The summed E-state index contributed by atoms with van der Waals surface area (Å²) in [7, 11) is 1.37. The molecule has 0 atom stereocenters. The van der Waals surface area contributed by atoms with Crippen molar-refractivity contribution in [1.29, 1.82) is 0 Å². The molecule has 0 unspecified atom stereocenters. The number of esters is 1. The highest BCUT2D eigenvalue weighted by atomic mass is 32.1. The Labute approximate surface area is 157 Å². The van der Waals surface area contributed by atoms with Crippen LogP contribution < -0.4 is 10.1 Å². The Morgan fingerprint density at radius 3 is 2.69 bits per heavy atom. The number of hydrogen-bond acceptors (Lipinski definition) is 5. The molecule has 138 valence electrons. The second-order valence-corrected chi connectivity index (χ2v) is 7.62. The van der Waals surface area contributed by atoms with Gasteiger partial charge in [0.1, 0.15) is 10.8 Å². The smallest absolute Gasteiger partial charge is 0.341 e. The predicted molar refractivity (Wildman–Crippen MR) is 102 cm³/mol. The van der Waals surface area contributed by atoms with Gasteiger partial charge in [0, 0.05) is 4.88 Å². The summed E-state index contributed by atoms with van der Waals surface area (Å²) >= 11 is 1.47. The van der Waals surface area contributed by atoms with Crippen molar-refractivity contribution in [3.8, 4) is 5.75 Å². The maximum atomic E-state index is 12.4. The molecule has 0 radical (unpaired) electrons. The van der Waals surface area contributed by atoms with Crippen LogP contribution in [0.25, 0.3) is 0 Å². The minimum atomic E-state index is -0.394. The van der Waals surface area contributed by atoms with Gasteiger partial charge in [-0.1, -0.05) is 17.7 Å². The van der Waals surface area contributed by atoms with Crippen LogP contribution in [0.3, 0.4) is 0 Å². The van der Waals surface area contributed by atoms with Crippen LogP contribution in [0.15, 0.2) is 18.2 Å². The standard InChI is InChI=1S/C20H23NO4S/c1-12-8-9-15(13(2)10-12)25-11-17(22)21-19-18(20(23)24-3)14-6-4-5-7-16(14)26-19/h8-10H,4-7,11H2,1-3H3,(H,21,22). The van der Waals surface area contributed by atoms with E-state index in [4.69, 9.17) is 9.47 Å². The van der Waals surface area contributed by atoms with E-state index in [1.165, 1.54) is 23.3 Å². The van der Waals surface area contributed by atoms with Crippen molar-refractivity contribution in [2.75, 3.05) is 19.0 Å². The second-order valence-electron chi connectivity index (χ2n) is 6.51. The van der Waals surface area contributed by atoms with Gasteiger partial charge in [0.2, 0.25) is 0 Å². The van der Waals surface area contributed by atoms with Gasteiger partial charge in [-0.25, -0.2) is 4.79 Å². The monoisotopic (exact) mass is 373 g/mol. The van der Waals surface area contributed by atoms with E-state index in [-0.39, 0.29) is 12.5 Å². The SMILES string of the molecule is COC(=O)c1c(NC(=O)COc2ccc(C)cc2C)sc2c1CCCC2. The van der Waals surface area contributed by atoms with Crippen molar-refractivity contribution in [2.24, 2.45) is 0 Å². The third kappa shape index (κ3) is 3.90. The lowest BCUT2D eigenvalue weighted by molar-refractivity contribution is -0.118. The molecule has 6 heteroatoms. The number of benzene rings is 1. The van der Waals surface area contributed by atoms with E-state index < -0.39 is 5.97 Å². The van der Waals surface area contributed by atoms with Gasteiger partial charge in [0.15, 0.2) is 6.61 Å². The van der Waals surface area contributed by atoms with Crippen molar-refractivity contribution in [3.63, 3.8) is 0 Å². The van der Waals surface area contributed by atoms with E-state index in [0.29, 0.717) is 16.3 Å². The third-order valence-electron chi connectivity index (χ3n) is 4.50. The highest BCUT2D eigenvalue weighted by Gasteiger charge is 2.26. The number of carbonyl (C=O) groups is 2. The first-order valence-corrected chi connectivity index (χ1v) is 9.54. The number of amides is 1. The van der Waals surface area contributed by atoms with Gasteiger partial charge >= 0.3 is 5.97 Å². The average molecular weight is 373 g/mol. The first-order chi connectivity index (χ1) is 12.5. The number of anilines is 1. The molecule has 1 N–H and O–H groups in total. The minimum Gasteiger partial charge on any atom is -0.483 e. The molecule has 0 spiro atoms. The summed E-state index contributed by atoms with van der Waals surface area (Å²) in [5.74, 6) is 0.00754. The highest BCUT2D eigenvalue weighted by Crippen LogP contribution is 2.38. The lowest BCUT2D eigenvalue weighted by atomic mass is 9.95. The molecule has 1 aromatic heterocycles. The summed E-state index contributed by atoms with van der Waals surface area (Å²) in [6.07, 6.45) is 3.96. The predicted octanol–water partition coefficient (Wildman–Crippen LogP) is 4.05. The fraction of sp³-hybridized carbons (Fsp3) is 0.400. The Balaban J connectivity index is 1.72. The molecule has 0 saturated heterocycles. The Kier molecular flexibility index (Phi) is 5.61. The molecule has 1 heterocycles. The lowest BCUT2D eigenvalue weighted by Crippen LogP contribution is -2.21. The van der Waals surface area contributed by atoms with Crippen molar-refractivity contribution >= 4 is 28.2 Å². The molecule has 5 nitrogen and oxygen atoms in total. The Bertz CT molecular complexity index is 841. The lowest BCUT2D eigenvalue weighted by Gasteiger charge is -2.12. The molecule has 1 aromatic carbocycles. The number of rotatable bonds is 5. The molecule has 1 aliphatic carbocycles. The number of fused-ring (bicyclic) bond motifs is 1. The molecule has 3 rings (SSSR count). The minimum absolute atomic E-state index is 0.104. The number of aryl methyl sites for hydroxylation is 3. The molecule has 1 aliphatic rings. The van der Waals surface area contributed by atoms with Gasteiger partial charge in [-0.05, 0) is 56.7 Å². The molecular weight excluding hydrogens is 350 g/mol. The van der Waals surface area contributed by atoms with E-state index in [0.717, 1.165) is 42.4 Å². The normalized spacial score (nSPS) is 13.0. The Morgan fingerprint density at radius 1 is 1.19 bits per heavy atom. The van der Waals surface area contributed by atoms with Crippen LogP contribution in [0.2, 0.25) is 0 Å². The summed E-state index contributed by atoms with van der Waals surface area (Å²) in [6, 6.07) is 5.82. The molecular formula is C20H23NO4S. The van der Waals surface area contributed by atoms with E-state index >= 15 is 0 Å². The highest BCUT2D eigenvalue weighted by molar-refractivity contribution is 7.17. The van der Waals surface area contributed by atoms with Gasteiger partial charge in [-0.15, -0.1) is 11.3 Å². The molecule has 0 fully saturated rings. The number of nitrogens with one attached hydrogen (secondary N) is 1. The number of carbonyl (C=O) groups excluding carboxylic acids is 2. The molecule has 2 aromatic rings. The van der Waals surface area contributed by atoms with Gasteiger partial charge in [-0.2, -0.15) is 0 Å². The zero-order valence-corrected chi connectivity index (χ0v) is 16.1. The first-order valence-electron chi connectivity index (χ1n) is 8.72. The summed E-state index contributed by atoms with van der Waals surface area (Å²) < 4.78 is 10.6. The topological polar surface area (TPSA) is 64.6 Å². The molecule has 26 heavy (non-hydrogen) atoms. The van der Waals surface area contributed by atoms with Crippen molar-refractivity contribution in [2.45, 2.75) is 39.5 Å². The Hall–Kier alpha value is -2.34. The largest absolute Gasteiger partial charge is 0.483 e. The fourth-order valence-corrected chi connectivity index (χ4v) is 4.53. The number of thiophene rings is 1. The average Bonchev–Trinajstić information content (AvgIpc) is 2.98. The Morgan fingerprint density at radius 2 is 1.96 bits per heavy atom. The number of methoxy groups -OCH3 is 1. The van der Waals surface area contributed by atoms with Crippen molar-refractivity contribution in [3.05, 3.63) is 45.3 Å². The zero-order chi connectivity index (χ0) is 18.7. The van der Waals surface area contributed by atoms with Gasteiger partial charge in [-0.3, -0.25) is 4.79 Å². The van der Waals surface area contributed by atoms with Crippen LogP contribution in [-0.4, -0.2) is 25.6 Å². The zero-order valence-electron chi connectivity index (χ0n) is 15.3. The van der Waals surface area contributed by atoms with Crippen LogP contribution >= 0.6 is 11.3 Å². The molecule has 0 aliphatic heterocycles. The fourth-order valence-electron chi connectivity index (χ4n) is 3.24. The molecule has 0 saturated carbocycles. The van der Waals surface area contributed by atoms with Crippen LogP contribution in [0.5, 0.6) is 5.75 Å². The summed E-state index contributed by atoms with van der Waals surface area (Å²) in [5, 5.41) is 3.41.